The van der Waals surface area contributed by atoms with Gasteiger partial charge < -0.3 is 47.9 Å². The number of esters is 3. The third-order valence-electron chi connectivity index (χ3n) is 10.2. The van der Waals surface area contributed by atoms with E-state index in [9.17, 15) is 19.2 Å². The summed E-state index contributed by atoms with van der Waals surface area (Å²) in [5.74, 6) is -4.07. The summed E-state index contributed by atoms with van der Waals surface area (Å²) >= 11 is 0. The molecule has 1 amide bonds. The zero-order chi connectivity index (χ0) is 37.5. The average Bonchev–Trinajstić information content (AvgIpc) is 3.09. The van der Waals surface area contributed by atoms with Crippen molar-refractivity contribution >= 4 is 23.8 Å². The highest BCUT2D eigenvalue weighted by Crippen LogP contribution is 2.44. The Kier molecular flexibility index (Phi) is 13.8. The molecule has 1 N–H and O–H groups in total. The van der Waals surface area contributed by atoms with Crippen LogP contribution < -0.4 is 5.32 Å². The lowest BCUT2D eigenvalue weighted by molar-refractivity contribution is -0.333. The van der Waals surface area contributed by atoms with Crippen LogP contribution in [0.25, 0.3) is 0 Å². The van der Waals surface area contributed by atoms with Gasteiger partial charge in [0.15, 0.2) is 6.23 Å². The minimum absolute atomic E-state index is 0.0421. The van der Waals surface area contributed by atoms with E-state index in [2.05, 4.69) is 11.9 Å². The molecule has 284 valence electrons. The Labute approximate surface area is 299 Å². The SMILES string of the molecule is C=C1C[C@](OC)([C@@H](OC(=O)c2ccccc2)C(=O)N[C@@H]2OCO[C@H]3[C@@H]2O[C@H](C[C@@H](CCCC(=O)OC)OC(C)=O)C(C)(C)[C@@H]3OC)O[C@H](C)[C@@H]1C. The Morgan fingerprint density at radius 3 is 2.33 bits per heavy atom. The number of carbonyl (C=O) groups is 4. The van der Waals surface area contributed by atoms with Gasteiger partial charge in [0.1, 0.15) is 25.1 Å². The van der Waals surface area contributed by atoms with E-state index in [-0.39, 0.29) is 43.5 Å². The second-order valence-electron chi connectivity index (χ2n) is 14.0. The Bertz CT molecular complexity index is 1390. The van der Waals surface area contributed by atoms with Crippen LogP contribution in [0.15, 0.2) is 42.5 Å². The highest BCUT2D eigenvalue weighted by atomic mass is 16.7. The van der Waals surface area contributed by atoms with Crippen molar-refractivity contribution in [1.29, 1.82) is 0 Å². The van der Waals surface area contributed by atoms with Crippen LogP contribution in [-0.2, 0) is 57.0 Å². The van der Waals surface area contributed by atoms with Gasteiger partial charge in [0.05, 0.1) is 31.0 Å². The summed E-state index contributed by atoms with van der Waals surface area (Å²) < 4.78 is 53.2. The summed E-state index contributed by atoms with van der Waals surface area (Å²) in [6, 6.07) is 8.29. The average molecular weight is 720 g/mol. The van der Waals surface area contributed by atoms with Gasteiger partial charge in [-0.25, -0.2) is 4.79 Å². The van der Waals surface area contributed by atoms with Crippen LogP contribution >= 0.6 is 0 Å². The fraction of sp³-hybridized carbons (Fsp3) is 0.676. The molecule has 10 atom stereocenters. The lowest BCUT2D eigenvalue weighted by atomic mass is 9.72. The van der Waals surface area contributed by atoms with Crippen LogP contribution in [0.1, 0.15) is 77.1 Å². The van der Waals surface area contributed by atoms with Crippen molar-refractivity contribution in [2.24, 2.45) is 11.3 Å². The third-order valence-corrected chi connectivity index (χ3v) is 10.2. The van der Waals surface area contributed by atoms with Crippen LogP contribution in [0.4, 0.5) is 0 Å². The Morgan fingerprint density at radius 1 is 1.02 bits per heavy atom. The third kappa shape index (κ3) is 9.34. The number of rotatable bonds is 14. The lowest BCUT2D eigenvalue weighted by Gasteiger charge is -2.54. The molecule has 0 aromatic heterocycles. The van der Waals surface area contributed by atoms with Crippen molar-refractivity contribution in [2.75, 3.05) is 28.1 Å². The molecule has 3 fully saturated rings. The number of amides is 1. The molecule has 3 aliphatic rings. The smallest absolute Gasteiger partial charge is 0.339 e. The van der Waals surface area contributed by atoms with E-state index in [4.69, 9.17) is 42.6 Å². The fourth-order valence-electron chi connectivity index (χ4n) is 7.09. The molecule has 3 heterocycles. The van der Waals surface area contributed by atoms with Crippen molar-refractivity contribution in [1.82, 2.24) is 5.32 Å². The van der Waals surface area contributed by atoms with E-state index >= 15 is 0 Å². The first-order valence-corrected chi connectivity index (χ1v) is 17.3. The van der Waals surface area contributed by atoms with Crippen molar-refractivity contribution < 1.29 is 61.8 Å². The molecule has 0 bridgehead atoms. The van der Waals surface area contributed by atoms with E-state index in [0.29, 0.717) is 12.8 Å². The molecule has 14 heteroatoms. The molecule has 1 aromatic carbocycles. The van der Waals surface area contributed by atoms with Gasteiger partial charge in [0.25, 0.3) is 5.91 Å². The van der Waals surface area contributed by atoms with Crippen molar-refractivity contribution in [2.45, 2.75) is 121 Å². The highest BCUT2D eigenvalue weighted by Gasteiger charge is 2.58. The lowest BCUT2D eigenvalue weighted by Crippen LogP contribution is -2.69. The monoisotopic (exact) mass is 719 g/mol. The summed E-state index contributed by atoms with van der Waals surface area (Å²) in [6.45, 7) is 13.0. The van der Waals surface area contributed by atoms with Gasteiger partial charge >= 0.3 is 17.9 Å². The molecule has 3 saturated heterocycles. The van der Waals surface area contributed by atoms with Crippen LogP contribution in [0.5, 0.6) is 0 Å². The minimum Gasteiger partial charge on any atom is -0.469 e. The highest BCUT2D eigenvalue weighted by molar-refractivity contribution is 5.92. The topological polar surface area (TPSA) is 163 Å². The normalized spacial score (nSPS) is 31.4. The Hall–Kier alpha value is -3.40. The van der Waals surface area contributed by atoms with E-state index in [1.807, 2.05) is 27.7 Å². The maximum atomic E-state index is 14.4. The number of fused-ring (bicyclic) bond motifs is 1. The predicted molar refractivity (Wildman–Crippen MR) is 181 cm³/mol. The maximum Gasteiger partial charge on any atom is 0.339 e. The maximum absolute atomic E-state index is 14.4. The zero-order valence-corrected chi connectivity index (χ0v) is 30.8. The summed E-state index contributed by atoms with van der Waals surface area (Å²) in [6.07, 6.45) is -5.06. The van der Waals surface area contributed by atoms with Crippen LogP contribution in [-0.4, -0.2) is 107 Å². The van der Waals surface area contributed by atoms with Crippen molar-refractivity contribution in [3.8, 4) is 0 Å². The first kappa shape index (κ1) is 40.4. The number of nitrogens with one attached hydrogen (secondary N) is 1. The Balaban J connectivity index is 1.62. The molecular formula is C37H53NO13. The zero-order valence-electron chi connectivity index (χ0n) is 30.8. The van der Waals surface area contributed by atoms with Gasteiger partial charge in [-0.05, 0) is 31.9 Å². The molecular weight excluding hydrogens is 666 g/mol. The molecule has 51 heavy (non-hydrogen) atoms. The van der Waals surface area contributed by atoms with Crippen LogP contribution in [0.2, 0.25) is 0 Å². The van der Waals surface area contributed by atoms with E-state index in [0.717, 1.165) is 5.57 Å². The Morgan fingerprint density at radius 2 is 1.73 bits per heavy atom. The second-order valence-corrected chi connectivity index (χ2v) is 14.0. The number of hydrogen-bond acceptors (Lipinski definition) is 13. The van der Waals surface area contributed by atoms with Crippen molar-refractivity contribution in [3.63, 3.8) is 0 Å². The first-order valence-electron chi connectivity index (χ1n) is 17.3. The molecule has 0 saturated carbocycles. The van der Waals surface area contributed by atoms with Crippen LogP contribution in [0.3, 0.4) is 0 Å². The van der Waals surface area contributed by atoms with Gasteiger partial charge in [-0.3, -0.25) is 14.4 Å². The fourth-order valence-corrected chi connectivity index (χ4v) is 7.09. The number of methoxy groups -OCH3 is 3. The molecule has 14 nitrogen and oxygen atoms in total. The molecule has 0 unspecified atom stereocenters. The summed E-state index contributed by atoms with van der Waals surface area (Å²) in [5.41, 5.74) is 0.334. The molecule has 4 rings (SSSR count). The molecule has 1 aromatic rings. The van der Waals surface area contributed by atoms with Crippen molar-refractivity contribution in [3.05, 3.63) is 48.0 Å². The molecule has 0 aliphatic carbocycles. The van der Waals surface area contributed by atoms with Gasteiger partial charge in [0, 0.05) is 51.7 Å². The van der Waals surface area contributed by atoms with Crippen LogP contribution in [0, 0.1) is 11.3 Å². The van der Waals surface area contributed by atoms with E-state index in [1.54, 1.807) is 37.4 Å². The number of benzene rings is 1. The molecule has 0 radical (unpaired) electrons. The number of carbonyl (C=O) groups excluding carboxylic acids is 4. The standard InChI is InChI=1S/C37H53NO13/c1-21-19-37(45-9,51-23(3)22(21)2)32(50-35(42)25-14-11-10-12-15-25)33(41)38-34-30-29(46-20-47-34)31(44-8)36(5,6)27(49-30)18-26(48-24(4)39)16-13-17-28(40)43-7/h10-12,14-15,22-23,26-27,29-32,34H,1,13,16-20H2,2-9H3,(H,38,41)/t22-,23-,26-,27-,29+,30+,31-,32+,34-,37-/m1/s1. The van der Waals surface area contributed by atoms with Gasteiger partial charge in [-0.2, -0.15) is 0 Å². The van der Waals surface area contributed by atoms with Gasteiger partial charge in [-0.15, -0.1) is 0 Å². The number of ether oxygens (including phenoxy) is 9. The van der Waals surface area contributed by atoms with E-state index < -0.39 is 78.0 Å². The quantitative estimate of drug-likeness (QED) is 0.168. The first-order chi connectivity index (χ1) is 24.2. The molecule has 0 spiro atoms. The van der Waals surface area contributed by atoms with E-state index in [1.165, 1.54) is 21.1 Å². The van der Waals surface area contributed by atoms with Gasteiger partial charge in [-0.1, -0.05) is 51.1 Å². The summed E-state index contributed by atoms with van der Waals surface area (Å²) in [4.78, 5) is 51.6. The van der Waals surface area contributed by atoms with Gasteiger partial charge in [0.2, 0.25) is 11.9 Å². The summed E-state index contributed by atoms with van der Waals surface area (Å²) in [7, 11) is 4.27. The predicted octanol–water partition coefficient (Wildman–Crippen LogP) is 3.84. The summed E-state index contributed by atoms with van der Waals surface area (Å²) in [5, 5.41) is 2.88. The number of hydrogen-bond donors (Lipinski definition) is 1. The largest absolute Gasteiger partial charge is 0.469 e. The molecule has 3 aliphatic heterocycles. The minimum atomic E-state index is -1.70. The second kappa shape index (κ2) is 17.4.